The molecule has 3 unspecified atom stereocenters. The number of allylic oxidation sites excluding steroid dienone is 8. The van der Waals surface area contributed by atoms with Crippen molar-refractivity contribution in [2.24, 2.45) is 0 Å². The Balaban J connectivity index is 4.62. The average Bonchev–Trinajstić information content (AvgIpc) is 3.19. The highest BCUT2D eigenvalue weighted by molar-refractivity contribution is 5.77. The minimum absolute atomic E-state index is 0.0519. The molecule has 0 spiro atoms. The number of unbranched alkanes of at least 4 members (excludes halogenated alkanes) is 24. The molecule has 1 amide bonds. The Kier molecular flexibility index (Phi) is 42.2. The van der Waals surface area contributed by atoms with E-state index in [4.69, 9.17) is 4.74 Å². The zero-order chi connectivity index (χ0) is 41.0. The van der Waals surface area contributed by atoms with Gasteiger partial charge in [-0.05, 0) is 64.2 Å². The summed E-state index contributed by atoms with van der Waals surface area (Å²) in [4.78, 5) is 26.0. The van der Waals surface area contributed by atoms with E-state index in [-0.39, 0.29) is 24.9 Å². The summed E-state index contributed by atoms with van der Waals surface area (Å²) < 4.78 is 5.89. The van der Waals surface area contributed by atoms with Crippen LogP contribution >= 0.6 is 0 Å². The second-order valence-electron chi connectivity index (χ2n) is 16.2. The Morgan fingerprint density at radius 1 is 0.536 bits per heavy atom. The van der Waals surface area contributed by atoms with Crippen LogP contribution in [0.1, 0.15) is 233 Å². The first-order valence-corrected chi connectivity index (χ1v) is 23.9. The zero-order valence-electron chi connectivity index (χ0n) is 37.0. The van der Waals surface area contributed by atoms with Crippen molar-refractivity contribution in [2.75, 3.05) is 6.61 Å². The molecule has 0 aromatic carbocycles. The number of ether oxygens (including phenoxy) is 1. The number of esters is 1. The topological polar surface area (TPSA) is 95.9 Å². The lowest BCUT2D eigenvalue weighted by molar-refractivity contribution is -0.151. The fourth-order valence-electron chi connectivity index (χ4n) is 7.08. The molecule has 6 nitrogen and oxygen atoms in total. The maximum Gasteiger partial charge on any atom is 0.306 e. The first-order valence-electron chi connectivity index (χ1n) is 23.9. The van der Waals surface area contributed by atoms with Crippen molar-refractivity contribution in [3.05, 3.63) is 48.6 Å². The van der Waals surface area contributed by atoms with E-state index in [9.17, 15) is 19.8 Å². The highest BCUT2D eigenvalue weighted by Crippen LogP contribution is 2.17. The van der Waals surface area contributed by atoms with E-state index in [1.165, 1.54) is 116 Å². The minimum atomic E-state index is -0.794. The number of aliphatic hydroxyl groups excluding tert-OH is 2. The van der Waals surface area contributed by atoms with E-state index in [0.29, 0.717) is 19.3 Å². The number of hydrogen-bond acceptors (Lipinski definition) is 5. The molecule has 3 N–H and O–H groups in total. The Bertz CT molecular complexity index is 972. The Morgan fingerprint density at radius 2 is 1.00 bits per heavy atom. The Hall–Kier alpha value is -2.18. The highest BCUT2D eigenvalue weighted by atomic mass is 16.5. The van der Waals surface area contributed by atoms with Crippen molar-refractivity contribution >= 4 is 11.9 Å². The van der Waals surface area contributed by atoms with Crippen LogP contribution in [0.3, 0.4) is 0 Å². The number of nitrogens with one attached hydrogen (secondary N) is 1. The molecular weight excluding hydrogens is 695 g/mol. The van der Waals surface area contributed by atoms with Crippen molar-refractivity contribution in [3.63, 3.8) is 0 Å². The van der Waals surface area contributed by atoms with E-state index in [1.807, 2.05) is 0 Å². The number of hydrogen-bond donors (Lipinski definition) is 3. The van der Waals surface area contributed by atoms with E-state index in [0.717, 1.165) is 70.6 Å². The number of amides is 1. The van der Waals surface area contributed by atoms with Crippen molar-refractivity contribution < 1.29 is 24.5 Å². The number of carbonyl (C=O) groups is 2. The van der Waals surface area contributed by atoms with Crippen molar-refractivity contribution in [1.82, 2.24) is 5.32 Å². The third-order valence-corrected chi connectivity index (χ3v) is 10.7. The molecular formula is C50H91NO5. The summed E-state index contributed by atoms with van der Waals surface area (Å²) in [6.45, 7) is 6.32. The van der Waals surface area contributed by atoms with E-state index in [2.05, 4.69) is 74.7 Å². The van der Waals surface area contributed by atoms with Crippen molar-refractivity contribution in [3.8, 4) is 0 Å². The van der Waals surface area contributed by atoms with Gasteiger partial charge in [-0.2, -0.15) is 0 Å². The molecule has 326 valence electrons. The average molecular weight is 786 g/mol. The van der Waals surface area contributed by atoms with Gasteiger partial charge in [0.1, 0.15) is 6.10 Å². The molecule has 6 heteroatoms. The van der Waals surface area contributed by atoms with Crippen molar-refractivity contribution in [1.29, 1.82) is 0 Å². The van der Waals surface area contributed by atoms with Crippen LogP contribution in [0, 0.1) is 0 Å². The highest BCUT2D eigenvalue weighted by Gasteiger charge is 2.24. The van der Waals surface area contributed by atoms with Crippen LogP contribution in [0.4, 0.5) is 0 Å². The number of carbonyl (C=O) groups excluding carboxylic acids is 2. The molecule has 0 aromatic rings. The second-order valence-corrected chi connectivity index (χ2v) is 16.2. The van der Waals surface area contributed by atoms with Gasteiger partial charge in [-0.15, -0.1) is 0 Å². The molecule has 0 aliphatic carbocycles. The normalized spacial score (nSPS) is 13.7. The summed E-state index contributed by atoms with van der Waals surface area (Å²) in [6, 6.07) is -0.710. The van der Waals surface area contributed by atoms with Crippen LogP contribution in [-0.2, 0) is 14.3 Å². The van der Waals surface area contributed by atoms with Gasteiger partial charge in [0.2, 0.25) is 5.91 Å². The largest absolute Gasteiger partial charge is 0.462 e. The van der Waals surface area contributed by atoms with Gasteiger partial charge in [0.15, 0.2) is 0 Å². The molecule has 0 bridgehead atoms. The smallest absolute Gasteiger partial charge is 0.306 e. The monoisotopic (exact) mass is 786 g/mol. The Labute approximate surface area is 346 Å². The molecule has 0 saturated heterocycles. The molecule has 3 atom stereocenters. The molecule has 0 aromatic heterocycles. The molecule has 0 rings (SSSR count). The van der Waals surface area contributed by atoms with Gasteiger partial charge in [0.25, 0.3) is 0 Å². The lowest BCUT2D eigenvalue weighted by Crippen LogP contribution is -2.46. The minimum Gasteiger partial charge on any atom is -0.462 e. The van der Waals surface area contributed by atoms with Crippen LogP contribution in [0.25, 0.3) is 0 Å². The lowest BCUT2D eigenvalue weighted by Gasteiger charge is -2.24. The fraction of sp³-hybridized carbons (Fsp3) is 0.800. The summed E-state index contributed by atoms with van der Waals surface area (Å²) in [5.41, 5.74) is 0. The lowest BCUT2D eigenvalue weighted by atomic mass is 10.0. The number of aliphatic hydroxyl groups is 2. The van der Waals surface area contributed by atoms with Gasteiger partial charge < -0.3 is 20.3 Å². The summed E-state index contributed by atoms with van der Waals surface area (Å²) in [5.74, 6) is -0.516. The van der Waals surface area contributed by atoms with Gasteiger partial charge in [0, 0.05) is 6.42 Å². The van der Waals surface area contributed by atoms with Gasteiger partial charge in [-0.3, -0.25) is 9.59 Å². The van der Waals surface area contributed by atoms with Gasteiger partial charge in [-0.25, -0.2) is 0 Å². The SMILES string of the molecule is CC/C=C/C=C/C=C/CCCCCCCCCC(=O)OC(CCC/C=C\CCCCCCCCC)CC(=O)NC(CO)C(O)CCCCCCCCCCCC. The summed E-state index contributed by atoms with van der Waals surface area (Å²) in [6.07, 6.45) is 51.7. The van der Waals surface area contributed by atoms with Gasteiger partial charge in [0.05, 0.1) is 25.2 Å². The predicted octanol–water partition coefficient (Wildman–Crippen LogP) is 13.9. The van der Waals surface area contributed by atoms with Crippen LogP contribution in [0.15, 0.2) is 48.6 Å². The summed E-state index contributed by atoms with van der Waals surface area (Å²) in [5, 5.41) is 23.6. The van der Waals surface area contributed by atoms with Crippen LogP contribution in [-0.4, -0.2) is 46.9 Å². The zero-order valence-corrected chi connectivity index (χ0v) is 37.0. The third-order valence-electron chi connectivity index (χ3n) is 10.7. The molecule has 0 radical (unpaired) electrons. The van der Waals surface area contributed by atoms with Gasteiger partial charge in [-0.1, -0.05) is 204 Å². The van der Waals surface area contributed by atoms with Crippen LogP contribution < -0.4 is 5.32 Å². The van der Waals surface area contributed by atoms with Gasteiger partial charge >= 0.3 is 5.97 Å². The standard InChI is InChI=1S/C50H91NO5/c1-4-7-10-13-16-19-22-24-25-26-28-31-34-37-40-43-50(55)56-46(41-38-35-32-29-27-23-20-17-14-11-8-5-2)44-49(54)51-47(45-52)48(53)42-39-36-33-30-21-18-15-12-9-6-3/h7,10,13,16,19,22,29,32,46-48,52-53H,4-6,8-9,11-12,14-15,17-18,20-21,23-28,30-31,33-45H2,1-3H3,(H,51,54)/b10-7+,16-13+,22-19+,32-29-. The van der Waals surface area contributed by atoms with E-state index < -0.39 is 18.2 Å². The first kappa shape index (κ1) is 53.8. The molecule has 56 heavy (non-hydrogen) atoms. The quantitative estimate of drug-likeness (QED) is 0.0248. The molecule has 0 saturated carbocycles. The molecule has 0 fully saturated rings. The van der Waals surface area contributed by atoms with Crippen LogP contribution in [0.2, 0.25) is 0 Å². The second kappa shape index (κ2) is 43.9. The summed E-state index contributed by atoms with van der Waals surface area (Å²) >= 11 is 0. The molecule has 0 aliphatic heterocycles. The van der Waals surface area contributed by atoms with E-state index in [1.54, 1.807) is 0 Å². The summed E-state index contributed by atoms with van der Waals surface area (Å²) in [7, 11) is 0. The maximum atomic E-state index is 13.1. The molecule has 0 aliphatic rings. The van der Waals surface area contributed by atoms with Crippen molar-refractivity contribution in [2.45, 2.75) is 251 Å². The van der Waals surface area contributed by atoms with E-state index >= 15 is 0 Å². The Morgan fingerprint density at radius 3 is 1.54 bits per heavy atom. The van der Waals surface area contributed by atoms with Crippen LogP contribution in [0.5, 0.6) is 0 Å². The fourth-order valence-corrected chi connectivity index (χ4v) is 7.08. The third kappa shape index (κ3) is 38.7. The maximum absolute atomic E-state index is 13.1. The molecule has 0 heterocycles. The first-order chi connectivity index (χ1) is 27.5. The number of rotatable bonds is 42. The predicted molar refractivity (Wildman–Crippen MR) is 241 cm³/mol.